The Morgan fingerprint density at radius 2 is 2.00 bits per heavy atom. The molecule has 2 N–H and O–H groups in total. The Morgan fingerprint density at radius 3 is 2.56 bits per heavy atom. The van der Waals surface area contributed by atoms with Gasteiger partial charge in [0, 0.05) is 18.7 Å². The predicted molar refractivity (Wildman–Crippen MR) is 69.4 cm³/mol. The highest BCUT2D eigenvalue weighted by molar-refractivity contribution is 4.85. The van der Waals surface area contributed by atoms with Crippen LogP contribution in [0.5, 0.6) is 0 Å². The number of aliphatic hydroxyl groups is 1. The standard InChI is InChI=1S/C14H29NO/c1-5-13-8-10(2)6-7-14(13)15-12(4)11(3)9-16/h10-16H,5-9H2,1-4H3. The average molecular weight is 227 g/mol. The second kappa shape index (κ2) is 6.61. The van der Waals surface area contributed by atoms with E-state index >= 15 is 0 Å². The topological polar surface area (TPSA) is 32.3 Å². The molecule has 96 valence electrons. The van der Waals surface area contributed by atoms with E-state index in [1.165, 1.54) is 25.7 Å². The monoisotopic (exact) mass is 227 g/mol. The molecule has 0 aromatic heterocycles. The van der Waals surface area contributed by atoms with Crippen LogP contribution in [0.15, 0.2) is 0 Å². The summed E-state index contributed by atoms with van der Waals surface area (Å²) in [6, 6.07) is 1.10. The molecule has 1 aliphatic rings. The first-order valence-electron chi connectivity index (χ1n) is 6.95. The van der Waals surface area contributed by atoms with Crippen LogP contribution in [0.4, 0.5) is 0 Å². The first kappa shape index (κ1) is 14.0. The van der Waals surface area contributed by atoms with Crippen molar-refractivity contribution in [2.45, 2.75) is 65.5 Å². The van der Waals surface area contributed by atoms with Crippen molar-refractivity contribution in [3.63, 3.8) is 0 Å². The van der Waals surface area contributed by atoms with Crippen molar-refractivity contribution < 1.29 is 5.11 Å². The van der Waals surface area contributed by atoms with Gasteiger partial charge in [-0.1, -0.05) is 27.2 Å². The van der Waals surface area contributed by atoms with Gasteiger partial charge in [0.2, 0.25) is 0 Å². The van der Waals surface area contributed by atoms with Crippen molar-refractivity contribution in [1.82, 2.24) is 5.32 Å². The number of hydrogen-bond donors (Lipinski definition) is 2. The van der Waals surface area contributed by atoms with E-state index in [2.05, 4.69) is 33.0 Å². The fourth-order valence-corrected chi connectivity index (χ4v) is 2.83. The van der Waals surface area contributed by atoms with Gasteiger partial charge in [-0.25, -0.2) is 0 Å². The van der Waals surface area contributed by atoms with Crippen LogP contribution in [0.2, 0.25) is 0 Å². The lowest BCUT2D eigenvalue weighted by molar-refractivity contribution is 0.158. The SMILES string of the molecule is CCC1CC(C)CCC1NC(C)C(C)CO. The minimum absolute atomic E-state index is 0.286. The highest BCUT2D eigenvalue weighted by atomic mass is 16.3. The molecular weight excluding hydrogens is 198 g/mol. The number of rotatable bonds is 5. The van der Waals surface area contributed by atoms with E-state index in [0.717, 1.165) is 11.8 Å². The average Bonchev–Trinajstić information content (AvgIpc) is 2.30. The molecule has 1 rings (SSSR count). The molecule has 1 fully saturated rings. The van der Waals surface area contributed by atoms with Crippen molar-refractivity contribution >= 4 is 0 Å². The molecule has 0 saturated heterocycles. The summed E-state index contributed by atoms with van der Waals surface area (Å²) >= 11 is 0. The first-order valence-corrected chi connectivity index (χ1v) is 6.95. The van der Waals surface area contributed by atoms with Crippen molar-refractivity contribution in [1.29, 1.82) is 0 Å². The molecule has 5 atom stereocenters. The zero-order valence-corrected chi connectivity index (χ0v) is 11.4. The summed E-state index contributed by atoms with van der Waals surface area (Å²) in [7, 11) is 0. The van der Waals surface area contributed by atoms with Gasteiger partial charge in [0.15, 0.2) is 0 Å². The van der Waals surface area contributed by atoms with Gasteiger partial charge in [0.1, 0.15) is 0 Å². The van der Waals surface area contributed by atoms with Crippen LogP contribution in [0.1, 0.15) is 53.4 Å². The van der Waals surface area contributed by atoms with Gasteiger partial charge in [-0.05, 0) is 43.9 Å². The molecule has 0 spiro atoms. The third-order valence-electron chi connectivity index (χ3n) is 4.39. The summed E-state index contributed by atoms with van der Waals surface area (Å²) in [6.45, 7) is 9.28. The highest BCUT2D eigenvalue weighted by Gasteiger charge is 2.28. The molecule has 0 aromatic carbocycles. The summed E-state index contributed by atoms with van der Waals surface area (Å²) in [5.74, 6) is 2.09. The van der Waals surface area contributed by atoms with Gasteiger partial charge in [-0.3, -0.25) is 0 Å². The Morgan fingerprint density at radius 1 is 1.31 bits per heavy atom. The Labute approximate surface area is 101 Å². The Kier molecular flexibility index (Phi) is 5.77. The maximum atomic E-state index is 9.16. The van der Waals surface area contributed by atoms with Gasteiger partial charge >= 0.3 is 0 Å². The zero-order valence-electron chi connectivity index (χ0n) is 11.4. The van der Waals surface area contributed by atoms with E-state index < -0.39 is 0 Å². The number of hydrogen-bond acceptors (Lipinski definition) is 2. The summed E-state index contributed by atoms with van der Waals surface area (Å²) < 4.78 is 0. The second-order valence-corrected chi connectivity index (χ2v) is 5.81. The molecular formula is C14H29NO. The summed E-state index contributed by atoms with van der Waals surface area (Å²) in [4.78, 5) is 0. The normalized spacial score (nSPS) is 34.7. The second-order valence-electron chi connectivity index (χ2n) is 5.81. The smallest absolute Gasteiger partial charge is 0.0471 e. The molecule has 16 heavy (non-hydrogen) atoms. The summed E-state index contributed by atoms with van der Waals surface area (Å²) in [6.07, 6.45) is 5.31. The van der Waals surface area contributed by atoms with E-state index in [9.17, 15) is 0 Å². The van der Waals surface area contributed by atoms with E-state index in [1.807, 2.05) is 0 Å². The van der Waals surface area contributed by atoms with Gasteiger partial charge in [0.25, 0.3) is 0 Å². The van der Waals surface area contributed by atoms with Crippen LogP contribution in [0, 0.1) is 17.8 Å². The van der Waals surface area contributed by atoms with E-state index in [0.29, 0.717) is 18.0 Å². The number of nitrogens with one attached hydrogen (secondary N) is 1. The van der Waals surface area contributed by atoms with Gasteiger partial charge in [-0.2, -0.15) is 0 Å². The van der Waals surface area contributed by atoms with Crippen LogP contribution in [-0.4, -0.2) is 23.8 Å². The zero-order chi connectivity index (χ0) is 12.1. The first-order chi connectivity index (χ1) is 7.58. The van der Waals surface area contributed by atoms with Crippen LogP contribution >= 0.6 is 0 Å². The molecule has 2 nitrogen and oxygen atoms in total. The van der Waals surface area contributed by atoms with Crippen LogP contribution in [-0.2, 0) is 0 Å². The minimum Gasteiger partial charge on any atom is -0.396 e. The maximum Gasteiger partial charge on any atom is 0.0471 e. The van der Waals surface area contributed by atoms with E-state index in [1.54, 1.807) is 0 Å². The molecule has 1 saturated carbocycles. The van der Waals surface area contributed by atoms with Crippen LogP contribution in [0.25, 0.3) is 0 Å². The molecule has 2 heteroatoms. The van der Waals surface area contributed by atoms with Crippen molar-refractivity contribution in [3.05, 3.63) is 0 Å². The minimum atomic E-state index is 0.286. The van der Waals surface area contributed by atoms with Crippen LogP contribution in [0.3, 0.4) is 0 Å². The Bertz CT molecular complexity index is 195. The van der Waals surface area contributed by atoms with E-state index in [-0.39, 0.29) is 6.61 Å². The van der Waals surface area contributed by atoms with Crippen molar-refractivity contribution in [3.8, 4) is 0 Å². The third kappa shape index (κ3) is 3.74. The molecule has 0 heterocycles. The summed E-state index contributed by atoms with van der Waals surface area (Å²) in [5, 5.41) is 12.9. The maximum absolute atomic E-state index is 9.16. The molecule has 0 radical (unpaired) electrons. The largest absolute Gasteiger partial charge is 0.396 e. The lowest BCUT2D eigenvalue weighted by Crippen LogP contribution is -2.47. The highest BCUT2D eigenvalue weighted by Crippen LogP contribution is 2.31. The van der Waals surface area contributed by atoms with Crippen molar-refractivity contribution in [2.75, 3.05) is 6.61 Å². The molecule has 5 unspecified atom stereocenters. The van der Waals surface area contributed by atoms with E-state index in [4.69, 9.17) is 5.11 Å². The molecule has 0 aromatic rings. The Hall–Kier alpha value is -0.0800. The third-order valence-corrected chi connectivity index (χ3v) is 4.39. The Balaban J connectivity index is 2.45. The lowest BCUT2D eigenvalue weighted by atomic mass is 9.77. The quantitative estimate of drug-likeness (QED) is 0.757. The fraction of sp³-hybridized carbons (Fsp3) is 1.00. The fourth-order valence-electron chi connectivity index (χ4n) is 2.83. The van der Waals surface area contributed by atoms with Crippen molar-refractivity contribution in [2.24, 2.45) is 17.8 Å². The van der Waals surface area contributed by atoms with Gasteiger partial charge in [-0.15, -0.1) is 0 Å². The summed E-state index contributed by atoms with van der Waals surface area (Å²) in [5.41, 5.74) is 0. The molecule has 0 aliphatic heterocycles. The number of aliphatic hydroxyl groups excluding tert-OH is 1. The van der Waals surface area contributed by atoms with Gasteiger partial charge < -0.3 is 10.4 Å². The van der Waals surface area contributed by atoms with Gasteiger partial charge in [0.05, 0.1) is 0 Å². The predicted octanol–water partition coefficient (Wildman–Crippen LogP) is 2.81. The van der Waals surface area contributed by atoms with Crippen LogP contribution < -0.4 is 5.32 Å². The molecule has 0 amide bonds. The molecule has 0 bridgehead atoms. The lowest BCUT2D eigenvalue weighted by Gasteiger charge is -2.37. The molecule has 1 aliphatic carbocycles.